The van der Waals surface area contributed by atoms with Gasteiger partial charge in [0.05, 0.1) is 36.7 Å². The van der Waals surface area contributed by atoms with Gasteiger partial charge in [0.15, 0.2) is 0 Å². The van der Waals surface area contributed by atoms with Crippen molar-refractivity contribution >= 4 is 81.4 Å². The van der Waals surface area contributed by atoms with Crippen molar-refractivity contribution in [1.29, 1.82) is 0 Å². The molecule has 4 aromatic rings. The number of nitrogens with zero attached hydrogens (tertiary/aromatic N) is 2. The van der Waals surface area contributed by atoms with E-state index < -0.39 is 42.8 Å². The third-order valence-corrected chi connectivity index (χ3v) is 8.98. The molecule has 11 nitrogen and oxygen atoms in total. The number of hydrogen-bond donors (Lipinski definition) is 3. The van der Waals surface area contributed by atoms with E-state index in [1.165, 1.54) is 24.3 Å². The normalized spacial score (nSPS) is 13.1. The second-order valence-corrected chi connectivity index (χ2v) is 14.8. The Bertz CT molecular complexity index is 1890. The van der Waals surface area contributed by atoms with Crippen molar-refractivity contribution < 1.29 is 39.5 Å². The highest BCUT2D eigenvalue weighted by atomic mass is 127. The number of azo groups is 1. The Labute approximate surface area is 211 Å². The van der Waals surface area contributed by atoms with Crippen LogP contribution in [0.2, 0.25) is 0 Å². The number of aromatic hydroxyl groups is 1. The first-order chi connectivity index (χ1) is 16.2. The van der Waals surface area contributed by atoms with Crippen molar-refractivity contribution in [1.82, 2.24) is 0 Å². The maximum Gasteiger partial charge on any atom is 0.295 e. The molecule has 0 heterocycles. The smallest absolute Gasteiger partial charge is 0.295 e. The van der Waals surface area contributed by atoms with Crippen LogP contribution in [0, 0.1) is 0 Å². The standard InChI is InChI=1S/C20H13IN2O9S3/c21-33(25,26)18-10-12(34(27,28)29)9-11-5-7-16(24)20(19(11)18)23-22-15-6-8-17(35(30,31)32)14-4-2-1-3-13(14)15/h1-10,24H,(H,27,28,29)(H,30,31,32)/b23-22+. The summed E-state index contributed by atoms with van der Waals surface area (Å²) < 4.78 is 90.5. The fourth-order valence-electron chi connectivity index (χ4n) is 3.49. The molecule has 0 aliphatic carbocycles. The highest BCUT2D eigenvalue weighted by molar-refractivity contribution is 14.2. The second kappa shape index (κ2) is 8.75. The summed E-state index contributed by atoms with van der Waals surface area (Å²) >= 11 is 1.09. The van der Waals surface area contributed by atoms with Crippen LogP contribution >= 0.6 is 21.2 Å². The van der Waals surface area contributed by atoms with Gasteiger partial charge in [-0.3, -0.25) is 9.11 Å². The first kappa shape index (κ1) is 25.4. The van der Waals surface area contributed by atoms with Gasteiger partial charge in [0, 0.05) is 16.2 Å². The lowest BCUT2D eigenvalue weighted by Gasteiger charge is -2.10. The van der Waals surface area contributed by atoms with Gasteiger partial charge in [-0.25, -0.2) is 8.42 Å². The van der Waals surface area contributed by atoms with E-state index in [9.17, 15) is 39.5 Å². The molecule has 0 fully saturated rings. The lowest BCUT2D eigenvalue weighted by atomic mass is 10.1. The maximum atomic E-state index is 12.4. The molecule has 0 radical (unpaired) electrons. The van der Waals surface area contributed by atoms with Crippen LogP contribution in [-0.2, 0) is 27.2 Å². The maximum absolute atomic E-state index is 12.4. The van der Waals surface area contributed by atoms with Crippen LogP contribution in [-0.4, -0.2) is 39.5 Å². The van der Waals surface area contributed by atoms with Gasteiger partial charge in [0.2, 0.25) is 7.01 Å². The SMILES string of the molecule is O=S(=O)(O)c1cc(S(=O)(=O)I)c2c(/N=N/c3ccc(S(=O)(=O)O)c4ccccc34)c(O)ccc2c1. The third kappa shape index (κ3) is 5.00. The predicted octanol–water partition coefficient (Wildman–Crippen LogP) is 4.73. The van der Waals surface area contributed by atoms with E-state index in [1.807, 2.05) is 0 Å². The van der Waals surface area contributed by atoms with Crippen LogP contribution in [0.4, 0.5) is 11.4 Å². The van der Waals surface area contributed by atoms with Gasteiger partial charge >= 0.3 is 0 Å². The largest absolute Gasteiger partial charge is 0.506 e. The number of benzene rings is 4. The molecular weight excluding hydrogens is 635 g/mol. The van der Waals surface area contributed by atoms with Gasteiger partial charge in [-0.15, -0.1) is 10.2 Å². The lowest BCUT2D eigenvalue weighted by molar-refractivity contribution is 0.477. The summed E-state index contributed by atoms with van der Waals surface area (Å²) in [6.07, 6.45) is 0. The summed E-state index contributed by atoms with van der Waals surface area (Å²) in [5.74, 6) is -0.471. The van der Waals surface area contributed by atoms with Crippen molar-refractivity contribution in [3.05, 3.63) is 60.7 Å². The van der Waals surface area contributed by atoms with E-state index in [2.05, 4.69) is 10.2 Å². The molecular formula is C20H13IN2O9S3. The molecule has 35 heavy (non-hydrogen) atoms. The molecule has 0 aromatic heterocycles. The monoisotopic (exact) mass is 648 g/mol. The van der Waals surface area contributed by atoms with E-state index in [0.717, 1.165) is 45.5 Å². The third-order valence-electron chi connectivity index (χ3n) is 4.96. The molecule has 0 unspecified atom stereocenters. The predicted molar refractivity (Wildman–Crippen MR) is 135 cm³/mol. The van der Waals surface area contributed by atoms with Crippen LogP contribution in [0.1, 0.15) is 0 Å². The van der Waals surface area contributed by atoms with Crippen LogP contribution in [0.25, 0.3) is 21.5 Å². The van der Waals surface area contributed by atoms with E-state index in [0.29, 0.717) is 5.39 Å². The summed E-state index contributed by atoms with van der Waals surface area (Å²) in [6, 6.07) is 12.7. The molecule has 4 rings (SSSR count). The van der Waals surface area contributed by atoms with Gasteiger partial charge < -0.3 is 5.11 Å². The molecule has 0 aliphatic heterocycles. The van der Waals surface area contributed by atoms with Crippen molar-refractivity contribution in [2.24, 2.45) is 10.2 Å². The van der Waals surface area contributed by atoms with Gasteiger partial charge in [-0.1, -0.05) is 30.3 Å². The van der Waals surface area contributed by atoms with Crippen molar-refractivity contribution in [2.75, 3.05) is 0 Å². The topological polar surface area (TPSA) is 188 Å². The molecule has 0 saturated heterocycles. The molecule has 0 saturated carbocycles. The summed E-state index contributed by atoms with van der Waals surface area (Å²) in [4.78, 5) is -1.55. The van der Waals surface area contributed by atoms with E-state index in [1.54, 1.807) is 12.1 Å². The lowest BCUT2D eigenvalue weighted by Crippen LogP contribution is -2.01. The fraction of sp³-hybridized carbons (Fsp3) is 0. The Balaban J connectivity index is 2.02. The molecule has 0 aliphatic rings. The Morgan fingerprint density at radius 2 is 1.37 bits per heavy atom. The van der Waals surface area contributed by atoms with Gasteiger partial charge in [0.1, 0.15) is 16.3 Å². The number of rotatable bonds is 5. The number of phenolic OH excluding ortho intramolecular Hbond substituents is 1. The first-order valence-electron chi connectivity index (χ1n) is 9.31. The van der Waals surface area contributed by atoms with Crippen molar-refractivity contribution in [3.63, 3.8) is 0 Å². The minimum atomic E-state index is -4.75. The molecule has 15 heteroatoms. The second-order valence-electron chi connectivity index (χ2n) is 7.17. The molecule has 3 N–H and O–H groups in total. The molecule has 0 spiro atoms. The molecule has 0 amide bonds. The molecule has 182 valence electrons. The molecule has 4 aromatic carbocycles. The van der Waals surface area contributed by atoms with Crippen molar-refractivity contribution in [3.8, 4) is 5.75 Å². The van der Waals surface area contributed by atoms with Crippen LogP contribution < -0.4 is 0 Å². The first-order valence-corrected chi connectivity index (χ1v) is 16.2. The van der Waals surface area contributed by atoms with Gasteiger partial charge in [-0.05, 0) is 35.7 Å². The number of hydrogen-bond acceptors (Lipinski definition) is 9. The zero-order chi connectivity index (χ0) is 25.8. The summed E-state index contributed by atoms with van der Waals surface area (Å²) in [7, 11) is -13.4. The quantitative estimate of drug-likeness (QED) is 0.119. The zero-order valence-corrected chi connectivity index (χ0v) is 21.7. The van der Waals surface area contributed by atoms with Crippen molar-refractivity contribution in [2.45, 2.75) is 14.7 Å². The Morgan fingerprint density at radius 1 is 0.714 bits per heavy atom. The number of fused-ring (bicyclic) bond motifs is 2. The van der Waals surface area contributed by atoms with E-state index >= 15 is 0 Å². The van der Waals surface area contributed by atoms with Crippen LogP contribution in [0.3, 0.4) is 0 Å². The fourth-order valence-corrected chi connectivity index (χ4v) is 6.57. The number of halogens is 1. The summed E-state index contributed by atoms with van der Waals surface area (Å²) in [5, 5.41) is 18.8. The summed E-state index contributed by atoms with van der Waals surface area (Å²) in [6.45, 7) is 0. The average Bonchev–Trinajstić information content (AvgIpc) is 2.75. The van der Waals surface area contributed by atoms with Gasteiger partial charge in [0.25, 0.3) is 20.2 Å². The highest BCUT2D eigenvalue weighted by Gasteiger charge is 2.24. The van der Waals surface area contributed by atoms with E-state index in [4.69, 9.17) is 0 Å². The minimum Gasteiger partial charge on any atom is -0.506 e. The Morgan fingerprint density at radius 3 is 1.97 bits per heavy atom. The van der Waals surface area contributed by atoms with Crippen LogP contribution in [0.5, 0.6) is 5.75 Å². The Hall–Kier alpha value is -2.70. The molecule has 0 bridgehead atoms. The Kier molecular flexibility index (Phi) is 6.35. The average molecular weight is 648 g/mol. The number of phenols is 1. The van der Waals surface area contributed by atoms with E-state index in [-0.39, 0.29) is 32.4 Å². The molecule has 0 atom stereocenters. The minimum absolute atomic E-state index is 0.0358. The summed E-state index contributed by atoms with van der Waals surface area (Å²) in [5.41, 5.74) is -0.166. The highest BCUT2D eigenvalue weighted by Crippen LogP contribution is 2.42. The van der Waals surface area contributed by atoms with Crippen LogP contribution in [0.15, 0.2) is 85.6 Å². The zero-order valence-electron chi connectivity index (χ0n) is 17.1. The van der Waals surface area contributed by atoms with Gasteiger partial charge in [-0.2, -0.15) is 16.8 Å².